The quantitative estimate of drug-likeness (QED) is 0.831. The SMILES string of the molecule is CS(=O)(=O)NC1CCCCC1NC(=O)C1CC1c1c(F)cccc1F. The zero-order chi connectivity index (χ0) is 18.2. The number of carbonyl (C=O) groups is 1. The van der Waals surface area contributed by atoms with Crippen molar-refractivity contribution in [1.29, 1.82) is 0 Å². The standard InChI is InChI=1S/C17H22F2N2O3S/c1-25(23,24)21-15-8-3-2-7-14(15)20-17(22)11-9-10(11)16-12(18)5-4-6-13(16)19/h4-6,10-11,14-15,21H,2-3,7-9H2,1H3,(H,20,22). The van der Waals surface area contributed by atoms with Crippen molar-refractivity contribution < 1.29 is 22.0 Å². The summed E-state index contributed by atoms with van der Waals surface area (Å²) < 4.78 is 53.2. The van der Waals surface area contributed by atoms with Crippen molar-refractivity contribution >= 4 is 15.9 Å². The minimum Gasteiger partial charge on any atom is -0.352 e. The number of nitrogens with one attached hydrogen (secondary N) is 2. The van der Waals surface area contributed by atoms with Gasteiger partial charge in [0.25, 0.3) is 0 Å². The van der Waals surface area contributed by atoms with Crippen molar-refractivity contribution in [1.82, 2.24) is 10.0 Å². The first-order valence-electron chi connectivity index (χ1n) is 8.48. The van der Waals surface area contributed by atoms with Gasteiger partial charge in [0.15, 0.2) is 0 Å². The number of amides is 1. The average Bonchev–Trinajstić information content (AvgIpc) is 3.28. The third kappa shape index (κ3) is 4.36. The zero-order valence-corrected chi connectivity index (χ0v) is 14.8. The third-order valence-corrected chi connectivity index (χ3v) is 5.69. The molecule has 5 nitrogen and oxygen atoms in total. The normalized spacial score (nSPS) is 29.2. The molecule has 4 atom stereocenters. The van der Waals surface area contributed by atoms with E-state index >= 15 is 0 Å². The molecule has 8 heteroatoms. The van der Waals surface area contributed by atoms with E-state index in [9.17, 15) is 22.0 Å². The van der Waals surface area contributed by atoms with E-state index in [0.717, 1.165) is 19.1 Å². The van der Waals surface area contributed by atoms with E-state index < -0.39 is 33.5 Å². The van der Waals surface area contributed by atoms with Crippen LogP contribution < -0.4 is 10.0 Å². The maximum atomic E-state index is 13.8. The van der Waals surface area contributed by atoms with Crippen molar-refractivity contribution in [3.63, 3.8) is 0 Å². The molecule has 0 aromatic heterocycles. The van der Waals surface area contributed by atoms with Gasteiger partial charge in [0.2, 0.25) is 15.9 Å². The van der Waals surface area contributed by atoms with Crippen LogP contribution in [0.25, 0.3) is 0 Å². The lowest BCUT2D eigenvalue weighted by Gasteiger charge is -2.32. The molecule has 0 saturated heterocycles. The Bertz CT molecular complexity index is 749. The Labute approximate surface area is 146 Å². The van der Waals surface area contributed by atoms with Crippen molar-refractivity contribution in [2.24, 2.45) is 5.92 Å². The fraction of sp³-hybridized carbons (Fsp3) is 0.588. The van der Waals surface area contributed by atoms with Gasteiger partial charge in [0.05, 0.1) is 6.26 Å². The van der Waals surface area contributed by atoms with Crippen molar-refractivity contribution in [3.8, 4) is 0 Å². The number of rotatable bonds is 5. The molecular formula is C17H22F2N2O3S. The van der Waals surface area contributed by atoms with Crippen LogP contribution in [0.4, 0.5) is 8.78 Å². The van der Waals surface area contributed by atoms with Gasteiger partial charge in [-0.05, 0) is 31.4 Å². The Morgan fingerprint density at radius 2 is 1.72 bits per heavy atom. The third-order valence-electron chi connectivity index (χ3n) is 4.96. The van der Waals surface area contributed by atoms with Crippen LogP contribution >= 0.6 is 0 Å². The second-order valence-corrected chi connectivity index (χ2v) is 8.76. The first-order chi connectivity index (χ1) is 11.8. The summed E-state index contributed by atoms with van der Waals surface area (Å²) in [5.74, 6) is -2.44. The fourth-order valence-corrected chi connectivity index (χ4v) is 4.51. The van der Waals surface area contributed by atoms with Gasteiger partial charge in [-0.25, -0.2) is 21.9 Å². The van der Waals surface area contributed by atoms with Gasteiger partial charge < -0.3 is 5.32 Å². The molecule has 0 spiro atoms. The topological polar surface area (TPSA) is 75.3 Å². The minimum atomic E-state index is -3.36. The molecular weight excluding hydrogens is 350 g/mol. The maximum absolute atomic E-state index is 13.8. The van der Waals surface area contributed by atoms with Gasteiger partial charge in [-0.15, -0.1) is 0 Å². The van der Waals surface area contributed by atoms with E-state index in [0.29, 0.717) is 19.3 Å². The number of sulfonamides is 1. The van der Waals surface area contributed by atoms with E-state index in [-0.39, 0.29) is 23.6 Å². The van der Waals surface area contributed by atoms with E-state index in [1.165, 1.54) is 18.2 Å². The first kappa shape index (κ1) is 18.3. The molecule has 138 valence electrons. The van der Waals surface area contributed by atoms with E-state index in [1.54, 1.807) is 0 Å². The summed E-state index contributed by atoms with van der Waals surface area (Å²) >= 11 is 0. The Hall–Kier alpha value is -1.54. The second kappa shape index (κ2) is 6.99. The Kier molecular flexibility index (Phi) is 5.11. The van der Waals surface area contributed by atoms with Crippen LogP contribution in [0.2, 0.25) is 0 Å². The van der Waals surface area contributed by atoms with Crippen LogP contribution in [-0.4, -0.2) is 32.7 Å². The smallest absolute Gasteiger partial charge is 0.224 e. The summed E-state index contributed by atoms with van der Waals surface area (Å²) in [6, 6.07) is 3.06. The lowest BCUT2D eigenvalue weighted by atomic mass is 9.91. The van der Waals surface area contributed by atoms with E-state index in [2.05, 4.69) is 10.0 Å². The predicted molar refractivity (Wildman–Crippen MR) is 89.4 cm³/mol. The molecule has 0 bridgehead atoms. The summed E-state index contributed by atoms with van der Waals surface area (Å²) in [6.45, 7) is 0. The Morgan fingerprint density at radius 1 is 1.12 bits per heavy atom. The molecule has 1 aromatic carbocycles. The number of hydrogen-bond donors (Lipinski definition) is 2. The van der Waals surface area contributed by atoms with Gasteiger partial charge in [-0.2, -0.15) is 0 Å². The fourth-order valence-electron chi connectivity index (χ4n) is 3.68. The van der Waals surface area contributed by atoms with Gasteiger partial charge >= 0.3 is 0 Å². The molecule has 1 aromatic rings. The first-order valence-corrected chi connectivity index (χ1v) is 10.4. The molecule has 0 aliphatic heterocycles. The highest BCUT2D eigenvalue weighted by Gasteiger charge is 2.47. The van der Waals surface area contributed by atoms with Crippen LogP contribution in [0, 0.1) is 17.6 Å². The van der Waals surface area contributed by atoms with Crippen molar-refractivity contribution in [2.75, 3.05) is 6.26 Å². The molecule has 1 amide bonds. The number of carbonyl (C=O) groups excluding carboxylic acids is 1. The molecule has 2 saturated carbocycles. The second-order valence-electron chi connectivity index (χ2n) is 6.98. The van der Waals surface area contributed by atoms with Gasteiger partial charge in [-0.3, -0.25) is 4.79 Å². The average molecular weight is 372 g/mol. The van der Waals surface area contributed by atoms with Crippen LogP contribution in [0.1, 0.15) is 43.6 Å². The molecule has 0 heterocycles. The highest BCUT2D eigenvalue weighted by Crippen LogP contribution is 2.49. The zero-order valence-electron chi connectivity index (χ0n) is 14.0. The highest BCUT2D eigenvalue weighted by molar-refractivity contribution is 7.88. The molecule has 2 N–H and O–H groups in total. The predicted octanol–water partition coefficient (Wildman–Crippen LogP) is 2.04. The van der Waals surface area contributed by atoms with Crippen molar-refractivity contribution in [3.05, 3.63) is 35.4 Å². The summed E-state index contributed by atoms with van der Waals surface area (Å²) in [7, 11) is -3.36. The molecule has 0 radical (unpaired) electrons. The van der Waals surface area contributed by atoms with E-state index in [1.807, 2.05) is 0 Å². The largest absolute Gasteiger partial charge is 0.352 e. The lowest BCUT2D eigenvalue weighted by Crippen LogP contribution is -2.53. The lowest BCUT2D eigenvalue weighted by molar-refractivity contribution is -0.123. The number of benzene rings is 1. The number of hydrogen-bond acceptors (Lipinski definition) is 3. The van der Waals surface area contributed by atoms with Crippen molar-refractivity contribution in [2.45, 2.75) is 50.1 Å². The molecule has 2 aliphatic rings. The van der Waals surface area contributed by atoms with Crippen LogP contribution in [0.3, 0.4) is 0 Å². The van der Waals surface area contributed by atoms with Gasteiger partial charge in [-0.1, -0.05) is 18.9 Å². The van der Waals surface area contributed by atoms with E-state index in [4.69, 9.17) is 0 Å². The van der Waals surface area contributed by atoms with Crippen LogP contribution in [-0.2, 0) is 14.8 Å². The minimum absolute atomic E-state index is 0.0305. The molecule has 3 rings (SSSR count). The highest BCUT2D eigenvalue weighted by atomic mass is 32.2. The Balaban J connectivity index is 1.64. The molecule has 2 aliphatic carbocycles. The summed E-state index contributed by atoms with van der Waals surface area (Å²) in [5.41, 5.74) is -0.0305. The summed E-state index contributed by atoms with van der Waals surface area (Å²) in [6.07, 6.45) is 4.65. The Morgan fingerprint density at radius 3 is 2.32 bits per heavy atom. The van der Waals surface area contributed by atoms with Crippen LogP contribution in [0.15, 0.2) is 18.2 Å². The summed E-state index contributed by atoms with van der Waals surface area (Å²) in [5, 5.41) is 2.88. The van der Waals surface area contributed by atoms with Gasteiger partial charge in [0, 0.05) is 29.5 Å². The molecule has 4 unspecified atom stereocenters. The van der Waals surface area contributed by atoms with Crippen LogP contribution in [0.5, 0.6) is 0 Å². The molecule has 25 heavy (non-hydrogen) atoms. The molecule has 2 fully saturated rings. The maximum Gasteiger partial charge on any atom is 0.224 e. The number of halogens is 2. The monoisotopic (exact) mass is 372 g/mol. The summed E-state index contributed by atoms with van der Waals surface area (Å²) in [4.78, 5) is 12.5. The van der Waals surface area contributed by atoms with Gasteiger partial charge in [0.1, 0.15) is 11.6 Å².